The summed E-state index contributed by atoms with van der Waals surface area (Å²) in [4.78, 5) is 0. The lowest BCUT2D eigenvalue weighted by molar-refractivity contribution is 0.00340. The molecule has 0 aromatic heterocycles. The Balaban J connectivity index is 4.27. The molecule has 0 fully saturated rings. The number of hydrogen-bond donors (Lipinski definition) is 0. The number of ether oxygens (including phenoxy) is 6. The Hall–Kier alpha value is 0.620. The van der Waals surface area contributed by atoms with Gasteiger partial charge in [0, 0.05) is 26.4 Å². The van der Waals surface area contributed by atoms with Crippen molar-refractivity contribution in [3.05, 3.63) is 0 Å². The molecule has 0 atom stereocenters. The fraction of sp³-hybridized carbons (Fsp3) is 1.00. The minimum atomic E-state index is 0.0306. The van der Waals surface area contributed by atoms with Crippen molar-refractivity contribution in [3.63, 3.8) is 0 Å². The van der Waals surface area contributed by atoms with Crippen LogP contribution in [-0.4, -0.2) is 118 Å². The van der Waals surface area contributed by atoms with Gasteiger partial charge in [0.1, 0.15) is 0 Å². The van der Waals surface area contributed by atoms with Crippen molar-refractivity contribution < 1.29 is 28.4 Å². The maximum absolute atomic E-state index is 5.93. The Kier molecular flexibility index (Phi) is 22.9. The second-order valence-corrected chi connectivity index (χ2v) is 13.3. The van der Waals surface area contributed by atoms with Crippen molar-refractivity contribution in [2.75, 3.05) is 118 Å². The first-order valence-electron chi connectivity index (χ1n) is 11.7. The highest BCUT2D eigenvalue weighted by Crippen LogP contribution is 2.46. The van der Waals surface area contributed by atoms with Crippen LogP contribution in [0.1, 0.15) is 26.7 Å². The summed E-state index contributed by atoms with van der Waals surface area (Å²) >= 11 is 0. The molecule has 0 spiro atoms. The van der Waals surface area contributed by atoms with Crippen LogP contribution in [0.4, 0.5) is 0 Å². The van der Waals surface area contributed by atoms with Crippen LogP contribution >= 0.6 is 15.8 Å². The van der Waals surface area contributed by atoms with Gasteiger partial charge in [-0.2, -0.15) is 0 Å². The van der Waals surface area contributed by atoms with Gasteiger partial charge in [0.2, 0.25) is 0 Å². The minimum Gasteiger partial charge on any atom is -0.379 e. The number of rotatable bonds is 24. The van der Waals surface area contributed by atoms with Gasteiger partial charge >= 0.3 is 0 Å². The van der Waals surface area contributed by atoms with E-state index >= 15 is 0 Å². The normalized spacial score (nSPS) is 12.4. The van der Waals surface area contributed by atoms with Gasteiger partial charge in [-0.1, -0.05) is 0 Å². The average Bonchev–Trinajstić information content (AvgIpc) is 2.70. The second kappa shape index (κ2) is 22.4. The molecule has 0 bridgehead atoms. The monoisotopic (exact) mass is 484 g/mol. The summed E-state index contributed by atoms with van der Waals surface area (Å²) < 4.78 is 33.5. The molecule has 0 heterocycles. The third-order valence-electron chi connectivity index (χ3n) is 4.75. The molecule has 0 unspecified atom stereocenters. The highest BCUT2D eigenvalue weighted by Gasteiger charge is 2.31. The number of hydrogen-bond acceptors (Lipinski definition) is 6. The molecular formula is C23H50O6P2. The Morgan fingerprint density at radius 2 is 0.742 bits per heavy atom. The molecule has 6 nitrogen and oxygen atoms in total. The molecule has 0 aliphatic rings. The van der Waals surface area contributed by atoms with Gasteiger partial charge in [-0.3, -0.25) is 0 Å². The quantitative estimate of drug-likeness (QED) is 0.150. The van der Waals surface area contributed by atoms with Crippen LogP contribution in [0.3, 0.4) is 0 Å². The molecule has 0 N–H and O–H groups in total. The van der Waals surface area contributed by atoms with Crippen LogP contribution in [0.5, 0.6) is 0 Å². The van der Waals surface area contributed by atoms with E-state index in [1.165, 1.54) is 12.3 Å². The molecular weight excluding hydrogens is 434 g/mol. The summed E-state index contributed by atoms with van der Waals surface area (Å²) in [5, 5.41) is 0. The van der Waals surface area contributed by atoms with E-state index in [4.69, 9.17) is 28.4 Å². The molecule has 0 aromatic rings. The average molecular weight is 485 g/mol. The van der Waals surface area contributed by atoms with Crippen LogP contribution in [-0.2, 0) is 28.4 Å². The predicted octanol–water partition coefficient (Wildman–Crippen LogP) is 4.38. The first-order chi connectivity index (χ1) is 15.0. The van der Waals surface area contributed by atoms with E-state index in [9.17, 15) is 0 Å². The van der Waals surface area contributed by atoms with Gasteiger partial charge < -0.3 is 28.4 Å². The lowest BCUT2D eigenvalue weighted by atomic mass is 9.85. The van der Waals surface area contributed by atoms with Gasteiger partial charge in [-0.15, -0.1) is 15.8 Å². The molecule has 0 amide bonds. The fourth-order valence-electron chi connectivity index (χ4n) is 3.58. The highest BCUT2D eigenvalue weighted by molar-refractivity contribution is 7.57. The highest BCUT2D eigenvalue weighted by atomic mass is 31.1. The Morgan fingerprint density at radius 1 is 0.452 bits per heavy atom. The maximum Gasteiger partial charge on any atom is 0.0701 e. The molecule has 0 radical (unpaired) electrons. The van der Waals surface area contributed by atoms with Gasteiger partial charge in [0.15, 0.2) is 0 Å². The summed E-state index contributed by atoms with van der Waals surface area (Å²) in [6.45, 7) is 21.8. The summed E-state index contributed by atoms with van der Waals surface area (Å²) in [5.41, 5.74) is 0.316. The molecule has 0 saturated carbocycles. The Bertz CT molecular complexity index is 338. The second-order valence-electron chi connectivity index (χ2n) is 8.32. The predicted molar refractivity (Wildman–Crippen MR) is 135 cm³/mol. The van der Waals surface area contributed by atoms with E-state index in [0.29, 0.717) is 58.3 Å². The zero-order valence-corrected chi connectivity index (χ0v) is 22.9. The summed E-state index contributed by atoms with van der Waals surface area (Å²) in [6.07, 6.45) is 4.76. The van der Waals surface area contributed by atoms with E-state index in [2.05, 4.69) is 26.7 Å². The van der Waals surface area contributed by atoms with Crippen molar-refractivity contribution in [2.45, 2.75) is 26.7 Å². The lowest BCUT2D eigenvalue weighted by Crippen LogP contribution is -2.32. The Morgan fingerprint density at radius 3 is 1.03 bits per heavy atom. The third-order valence-corrected chi connectivity index (χ3v) is 7.36. The molecule has 188 valence electrons. The van der Waals surface area contributed by atoms with Crippen molar-refractivity contribution in [3.8, 4) is 0 Å². The maximum atomic E-state index is 5.93. The van der Waals surface area contributed by atoms with E-state index in [1.807, 2.05) is 13.8 Å². The first-order valence-corrected chi connectivity index (χ1v) is 16.6. The van der Waals surface area contributed by atoms with Crippen LogP contribution in [0, 0.1) is 5.41 Å². The minimum absolute atomic E-state index is 0.0306. The molecule has 0 aliphatic heterocycles. The van der Waals surface area contributed by atoms with Crippen molar-refractivity contribution in [1.82, 2.24) is 0 Å². The van der Waals surface area contributed by atoms with Crippen molar-refractivity contribution in [1.29, 1.82) is 0 Å². The van der Waals surface area contributed by atoms with Gasteiger partial charge in [-0.25, -0.2) is 0 Å². The lowest BCUT2D eigenvalue weighted by Gasteiger charge is -2.37. The first kappa shape index (κ1) is 31.6. The smallest absolute Gasteiger partial charge is 0.0701 e. The SMILES string of the molecule is CCOCCOCCOCCC(CCOCCOCCOCC)(CP(C)C)CP(C)C. The molecule has 0 saturated heterocycles. The summed E-state index contributed by atoms with van der Waals surface area (Å²) in [6, 6.07) is 0. The van der Waals surface area contributed by atoms with E-state index in [-0.39, 0.29) is 15.8 Å². The summed E-state index contributed by atoms with van der Waals surface area (Å²) in [5.74, 6) is 0. The van der Waals surface area contributed by atoms with Crippen LogP contribution in [0.15, 0.2) is 0 Å². The van der Waals surface area contributed by atoms with Crippen LogP contribution < -0.4 is 0 Å². The van der Waals surface area contributed by atoms with Gasteiger partial charge in [0.25, 0.3) is 0 Å². The van der Waals surface area contributed by atoms with E-state index < -0.39 is 0 Å². The topological polar surface area (TPSA) is 55.4 Å². The summed E-state index contributed by atoms with van der Waals surface area (Å²) in [7, 11) is 0.0612. The van der Waals surface area contributed by atoms with E-state index in [0.717, 1.165) is 39.3 Å². The Labute approximate surface area is 194 Å². The van der Waals surface area contributed by atoms with Gasteiger partial charge in [-0.05, 0) is 71.1 Å². The van der Waals surface area contributed by atoms with Crippen LogP contribution in [0.2, 0.25) is 0 Å². The van der Waals surface area contributed by atoms with Crippen molar-refractivity contribution in [2.24, 2.45) is 5.41 Å². The molecule has 0 rings (SSSR count). The molecule has 0 aromatic carbocycles. The van der Waals surface area contributed by atoms with E-state index in [1.54, 1.807) is 0 Å². The fourth-order valence-corrected chi connectivity index (χ4v) is 7.29. The molecule has 0 aliphatic carbocycles. The van der Waals surface area contributed by atoms with Gasteiger partial charge in [0.05, 0.1) is 52.9 Å². The molecule has 8 heteroatoms. The standard InChI is InChI=1S/C23H50O6P2/c1-7-24-13-15-28-19-17-26-11-9-23(21-30(3)4,22-31(5)6)10-12-27-18-20-29-16-14-25-8-2/h7-22H2,1-6H3. The molecule has 31 heavy (non-hydrogen) atoms. The zero-order chi connectivity index (χ0) is 23.2. The largest absolute Gasteiger partial charge is 0.379 e. The third kappa shape index (κ3) is 20.9. The van der Waals surface area contributed by atoms with Crippen molar-refractivity contribution >= 4 is 15.8 Å². The van der Waals surface area contributed by atoms with Crippen LogP contribution in [0.25, 0.3) is 0 Å². The zero-order valence-electron chi connectivity index (χ0n) is 21.2.